The van der Waals surface area contributed by atoms with Crippen molar-refractivity contribution in [3.8, 4) is 5.75 Å². The molecule has 0 saturated carbocycles. The third-order valence-corrected chi connectivity index (χ3v) is 4.49. The van der Waals surface area contributed by atoms with Crippen LogP contribution in [0.5, 0.6) is 5.75 Å². The van der Waals surface area contributed by atoms with Crippen LogP contribution in [-0.4, -0.2) is 18.7 Å². The van der Waals surface area contributed by atoms with Crippen molar-refractivity contribution < 1.29 is 9.53 Å². The van der Waals surface area contributed by atoms with E-state index in [1.54, 1.807) is 31.4 Å². The number of amides is 1. The first-order valence-electron chi connectivity index (χ1n) is 7.20. The van der Waals surface area contributed by atoms with E-state index in [0.29, 0.717) is 22.0 Å². The summed E-state index contributed by atoms with van der Waals surface area (Å²) < 4.78 is 6.05. The molecule has 0 unspecified atom stereocenters. The van der Waals surface area contributed by atoms with Crippen LogP contribution in [-0.2, 0) is 4.79 Å². The lowest BCUT2D eigenvalue weighted by atomic mass is 10.1. The Labute approximate surface area is 153 Å². The highest BCUT2D eigenvalue weighted by Crippen LogP contribution is 2.29. The lowest BCUT2D eigenvalue weighted by molar-refractivity contribution is -0.114. The van der Waals surface area contributed by atoms with Gasteiger partial charge in [0.2, 0.25) is 0 Å². The second-order valence-electron chi connectivity index (χ2n) is 5.23. The molecule has 0 fully saturated rings. The van der Waals surface area contributed by atoms with Crippen molar-refractivity contribution in [2.24, 2.45) is 5.10 Å². The first-order valence-corrected chi connectivity index (χ1v) is 8.37. The van der Waals surface area contributed by atoms with Crippen molar-refractivity contribution in [2.75, 3.05) is 12.1 Å². The van der Waals surface area contributed by atoms with E-state index in [0.717, 1.165) is 15.8 Å². The topological polar surface area (TPSA) is 41.9 Å². The average Bonchev–Trinajstić information content (AvgIpc) is 2.84. The van der Waals surface area contributed by atoms with Gasteiger partial charge in [0.1, 0.15) is 5.75 Å². The molecule has 24 heavy (non-hydrogen) atoms. The number of carbonyl (C=O) groups excluding carboxylic acids is 1. The van der Waals surface area contributed by atoms with Crippen molar-refractivity contribution >= 4 is 50.9 Å². The normalized spacial score (nSPS) is 15.8. The number of anilines is 1. The Morgan fingerprint density at radius 1 is 1.21 bits per heavy atom. The first-order chi connectivity index (χ1) is 11.5. The molecule has 6 heteroatoms. The molecule has 1 aliphatic heterocycles. The molecule has 2 aromatic carbocycles. The maximum Gasteiger partial charge on any atom is 0.280 e. The van der Waals surface area contributed by atoms with Gasteiger partial charge in [-0.15, -0.1) is 0 Å². The molecule has 2 aromatic rings. The summed E-state index contributed by atoms with van der Waals surface area (Å²) in [4.78, 5) is 12.7. The zero-order valence-electron chi connectivity index (χ0n) is 13.1. The molecule has 0 aliphatic carbocycles. The van der Waals surface area contributed by atoms with Gasteiger partial charge >= 0.3 is 0 Å². The number of nitrogens with zero attached hydrogens (tertiary/aromatic N) is 2. The van der Waals surface area contributed by atoms with Gasteiger partial charge in [-0.25, -0.2) is 0 Å². The lowest BCUT2D eigenvalue weighted by Gasteiger charge is -2.11. The molecule has 0 bridgehead atoms. The smallest absolute Gasteiger partial charge is 0.280 e. The number of methoxy groups -OCH3 is 1. The highest BCUT2D eigenvalue weighted by atomic mass is 79.9. The van der Waals surface area contributed by atoms with Gasteiger partial charge in [-0.2, -0.15) is 10.1 Å². The molecule has 1 heterocycles. The number of hydrogen-bond acceptors (Lipinski definition) is 3. The minimum absolute atomic E-state index is 0.165. The number of benzene rings is 2. The highest BCUT2D eigenvalue weighted by Gasteiger charge is 2.28. The van der Waals surface area contributed by atoms with E-state index in [4.69, 9.17) is 16.3 Å². The lowest BCUT2D eigenvalue weighted by Crippen LogP contribution is -2.21. The summed E-state index contributed by atoms with van der Waals surface area (Å²) in [6.07, 6.45) is 1.82. The number of halogens is 2. The molecule has 0 aromatic heterocycles. The van der Waals surface area contributed by atoms with Crippen LogP contribution >= 0.6 is 27.5 Å². The zero-order valence-corrected chi connectivity index (χ0v) is 15.4. The van der Waals surface area contributed by atoms with Gasteiger partial charge in [-0.1, -0.05) is 17.7 Å². The number of rotatable bonds is 3. The fourth-order valence-corrected chi connectivity index (χ4v) is 3.07. The Balaban J connectivity index is 1.92. The Hall–Kier alpha value is -2.11. The third kappa shape index (κ3) is 3.23. The molecule has 0 atom stereocenters. The van der Waals surface area contributed by atoms with Crippen molar-refractivity contribution in [1.29, 1.82) is 0 Å². The van der Waals surface area contributed by atoms with E-state index in [2.05, 4.69) is 21.0 Å². The fourth-order valence-electron chi connectivity index (χ4n) is 2.38. The van der Waals surface area contributed by atoms with Gasteiger partial charge in [0.05, 0.1) is 28.6 Å². The standard InChI is InChI=1S/C18H14BrClN2O2/c1-11-15(9-12-3-8-17(24-2)16(19)10-12)18(23)22(21-11)14-6-4-13(20)5-7-14/h3-10H,1-2H3/b15-9+. The van der Waals surface area contributed by atoms with Gasteiger partial charge in [-0.05, 0) is 70.9 Å². The monoisotopic (exact) mass is 404 g/mol. The van der Waals surface area contributed by atoms with Crippen LogP contribution in [0, 0.1) is 0 Å². The molecule has 122 valence electrons. The van der Waals surface area contributed by atoms with Gasteiger partial charge < -0.3 is 4.74 Å². The van der Waals surface area contributed by atoms with E-state index in [1.165, 1.54) is 5.01 Å². The minimum atomic E-state index is -0.165. The average molecular weight is 406 g/mol. The van der Waals surface area contributed by atoms with E-state index in [1.807, 2.05) is 31.2 Å². The van der Waals surface area contributed by atoms with Crippen molar-refractivity contribution in [3.63, 3.8) is 0 Å². The first kappa shape index (κ1) is 16.7. The maximum absolute atomic E-state index is 12.7. The third-order valence-electron chi connectivity index (χ3n) is 3.62. The summed E-state index contributed by atoms with van der Waals surface area (Å²) in [5, 5.41) is 6.36. The summed E-state index contributed by atoms with van der Waals surface area (Å²) in [6, 6.07) is 12.6. The van der Waals surface area contributed by atoms with Crippen LogP contribution in [0.1, 0.15) is 12.5 Å². The molecule has 0 N–H and O–H groups in total. The Bertz CT molecular complexity index is 860. The maximum atomic E-state index is 12.7. The van der Waals surface area contributed by atoms with Crippen molar-refractivity contribution in [2.45, 2.75) is 6.92 Å². The molecule has 0 saturated heterocycles. The van der Waals surface area contributed by atoms with E-state index in [-0.39, 0.29) is 5.91 Å². The Kier molecular flexibility index (Phi) is 4.73. The predicted molar refractivity (Wildman–Crippen MR) is 101 cm³/mol. The predicted octanol–water partition coefficient (Wildman–Crippen LogP) is 4.92. The number of hydrazone groups is 1. The quantitative estimate of drug-likeness (QED) is 0.680. The molecule has 0 spiro atoms. The zero-order chi connectivity index (χ0) is 17.3. The van der Waals surface area contributed by atoms with Gasteiger partial charge in [0, 0.05) is 5.02 Å². The van der Waals surface area contributed by atoms with Crippen LogP contribution in [0.25, 0.3) is 6.08 Å². The summed E-state index contributed by atoms with van der Waals surface area (Å²) in [6.45, 7) is 1.82. The SMILES string of the molecule is COc1ccc(/C=C2/C(=O)N(c3ccc(Cl)cc3)N=C2C)cc1Br. The minimum Gasteiger partial charge on any atom is -0.496 e. The molecule has 3 rings (SSSR count). The molecule has 1 aliphatic rings. The fraction of sp³-hybridized carbons (Fsp3) is 0.111. The Morgan fingerprint density at radius 3 is 2.54 bits per heavy atom. The van der Waals surface area contributed by atoms with Crippen LogP contribution < -0.4 is 9.75 Å². The van der Waals surface area contributed by atoms with Gasteiger partial charge in [0.15, 0.2) is 0 Å². The number of ether oxygens (including phenoxy) is 1. The van der Waals surface area contributed by atoms with Crippen LogP contribution in [0.4, 0.5) is 5.69 Å². The van der Waals surface area contributed by atoms with E-state index in [9.17, 15) is 4.79 Å². The van der Waals surface area contributed by atoms with Crippen LogP contribution in [0.3, 0.4) is 0 Å². The van der Waals surface area contributed by atoms with Crippen LogP contribution in [0.15, 0.2) is 57.6 Å². The Morgan fingerprint density at radius 2 is 1.92 bits per heavy atom. The molecule has 4 nitrogen and oxygen atoms in total. The second kappa shape index (κ2) is 6.79. The molecular weight excluding hydrogens is 392 g/mol. The molecular formula is C18H14BrClN2O2. The second-order valence-corrected chi connectivity index (χ2v) is 6.52. The van der Waals surface area contributed by atoms with Gasteiger partial charge in [-0.3, -0.25) is 4.79 Å². The summed E-state index contributed by atoms with van der Waals surface area (Å²) >= 11 is 9.34. The van der Waals surface area contributed by atoms with Crippen LogP contribution in [0.2, 0.25) is 5.02 Å². The molecule has 1 amide bonds. The summed E-state index contributed by atoms with van der Waals surface area (Å²) in [7, 11) is 1.61. The van der Waals surface area contributed by atoms with Crippen molar-refractivity contribution in [3.05, 3.63) is 63.1 Å². The summed E-state index contributed by atoms with van der Waals surface area (Å²) in [5.74, 6) is 0.574. The number of carbonyl (C=O) groups is 1. The number of hydrogen-bond donors (Lipinski definition) is 0. The van der Waals surface area contributed by atoms with E-state index >= 15 is 0 Å². The largest absolute Gasteiger partial charge is 0.496 e. The van der Waals surface area contributed by atoms with E-state index < -0.39 is 0 Å². The molecule has 0 radical (unpaired) electrons. The van der Waals surface area contributed by atoms with Crippen molar-refractivity contribution in [1.82, 2.24) is 0 Å². The van der Waals surface area contributed by atoms with Gasteiger partial charge in [0.25, 0.3) is 5.91 Å². The summed E-state index contributed by atoms with van der Waals surface area (Å²) in [5.41, 5.74) is 2.80. The highest BCUT2D eigenvalue weighted by molar-refractivity contribution is 9.10.